The summed E-state index contributed by atoms with van der Waals surface area (Å²) in [6.07, 6.45) is 4.24. The molecule has 1 amide bonds. The third-order valence-electron chi connectivity index (χ3n) is 4.98. The predicted molar refractivity (Wildman–Crippen MR) is 99.2 cm³/mol. The Labute approximate surface area is 153 Å². The van der Waals surface area contributed by atoms with Crippen LogP contribution < -0.4 is 5.32 Å². The van der Waals surface area contributed by atoms with Gasteiger partial charge in [-0.25, -0.2) is 4.39 Å². The number of aromatic nitrogens is 1. The van der Waals surface area contributed by atoms with Gasteiger partial charge in [0.05, 0.1) is 5.52 Å². The standard InChI is InChI=1S/C20H26FN3O2/c1-26-13-3-10-23-20(25)15-7-11-24(12-8-15)14-16-5-6-18(21)17-4-2-9-22-19(16)17/h2,4-6,9,15H,3,7-8,10-14H2,1H3,(H,23,25). The molecule has 5 nitrogen and oxygen atoms in total. The lowest BCUT2D eigenvalue weighted by Gasteiger charge is -2.31. The number of piperidine rings is 1. The zero-order chi connectivity index (χ0) is 18.4. The zero-order valence-electron chi connectivity index (χ0n) is 15.2. The van der Waals surface area contributed by atoms with E-state index in [9.17, 15) is 9.18 Å². The number of hydrogen-bond acceptors (Lipinski definition) is 4. The Morgan fingerprint density at radius 2 is 2.15 bits per heavy atom. The van der Waals surface area contributed by atoms with Crippen molar-refractivity contribution in [3.05, 3.63) is 41.8 Å². The number of nitrogens with one attached hydrogen (secondary N) is 1. The fraction of sp³-hybridized carbons (Fsp3) is 0.500. The smallest absolute Gasteiger partial charge is 0.223 e. The van der Waals surface area contributed by atoms with Gasteiger partial charge in [-0.1, -0.05) is 6.07 Å². The molecule has 0 saturated carbocycles. The second-order valence-corrected chi connectivity index (χ2v) is 6.79. The lowest BCUT2D eigenvalue weighted by Crippen LogP contribution is -2.40. The van der Waals surface area contributed by atoms with Crippen molar-refractivity contribution in [3.8, 4) is 0 Å². The molecule has 0 radical (unpaired) electrons. The van der Waals surface area contributed by atoms with E-state index in [-0.39, 0.29) is 17.6 Å². The highest BCUT2D eigenvalue weighted by Gasteiger charge is 2.25. The van der Waals surface area contributed by atoms with Crippen LogP contribution in [0, 0.1) is 11.7 Å². The molecule has 1 N–H and O–H groups in total. The van der Waals surface area contributed by atoms with E-state index in [1.54, 1.807) is 25.4 Å². The van der Waals surface area contributed by atoms with Gasteiger partial charge in [0.2, 0.25) is 5.91 Å². The largest absolute Gasteiger partial charge is 0.385 e. The van der Waals surface area contributed by atoms with Gasteiger partial charge in [0.15, 0.2) is 0 Å². The lowest BCUT2D eigenvalue weighted by molar-refractivity contribution is -0.126. The normalized spacial score (nSPS) is 16.1. The number of amides is 1. The maximum Gasteiger partial charge on any atom is 0.223 e. The second kappa shape index (κ2) is 9.05. The molecule has 2 heterocycles. The first-order valence-electron chi connectivity index (χ1n) is 9.20. The van der Waals surface area contributed by atoms with Crippen molar-refractivity contribution in [2.75, 3.05) is 33.4 Å². The molecule has 0 spiro atoms. The van der Waals surface area contributed by atoms with Crippen molar-refractivity contribution in [2.24, 2.45) is 5.92 Å². The molecule has 2 aromatic rings. The number of nitrogens with zero attached hydrogens (tertiary/aromatic N) is 2. The lowest BCUT2D eigenvalue weighted by atomic mass is 9.95. The number of benzene rings is 1. The van der Waals surface area contributed by atoms with E-state index in [0.717, 1.165) is 50.0 Å². The molecule has 0 bridgehead atoms. The number of pyridine rings is 1. The van der Waals surface area contributed by atoms with Gasteiger partial charge in [-0.3, -0.25) is 14.7 Å². The number of ether oxygens (including phenoxy) is 1. The van der Waals surface area contributed by atoms with Crippen LogP contribution in [0.1, 0.15) is 24.8 Å². The van der Waals surface area contributed by atoms with Gasteiger partial charge in [0.25, 0.3) is 0 Å². The minimum Gasteiger partial charge on any atom is -0.385 e. The summed E-state index contributed by atoms with van der Waals surface area (Å²) in [4.78, 5) is 18.9. The van der Waals surface area contributed by atoms with E-state index in [4.69, 9.17) is 4.74 Å². The third-order valence-corrected chi connectivity index (χ3v) is 4.98. The molecule has 0 aliphatic carbocycles. The van der Waals surface area contributed by atoms with E-state index in [1.165, 1.54) is 6.07 Å². The minimum atomic E-state index is -0.235. The van der Waals surface area contributed by atoms with Crippen LogP contribution in [0.15, 0.2) is 30.5 Å². The molecule has 0 unspecified atom stereocenters. The quantitative estimate of drug-likeness (QED) is 0.773. The summed E-state index contributed by atoms with van der Waals surface area (Å²) >= 11 is 0. The van der Waals surface area contributed by atoms with E-state index >= 15 is 0 Å². The van der Waals surface area contributed by atoms with Crippen LogP contribution in [-0.2, 0) is 16.1 Å². The summed E-state index contributed by atoms with van der Waals surface area (Å²) < 4.78 is 18.9. The summed E-state index contributed by atoms with van der Waals surface area (Å²) in [7, 11) is 1.66. The van der Waals surface area contributed by atoms with E-state index in [2.05, 4.69) is 15.2 Å². The number of methoxy groups -OCH3 is 1. The van der Waals surface area contributed by atoms with Crippen molar-refractivity contribution in [3.63, 3.8) is 0 Å². The van der Waals surface area contributed by atoms with Crippen LogP contribution in [0.25, 0.3) is 10.9 Å². The fourth-order valence-electron chi connectivity index (χ4n) is 3.49. The average molecular weight is 359 g/mol. The Bertz CT molecular complexity index is 745. The summed E-state index contributed by atoms with van der Waals surface area (Å²) in [5, 5.41) is 3.56. The van der Waals surface area contributed by atoms with E-state index < -0.39 is 0 Å². The van der Waals surface area contributed by atoms with Crippen molar-refractivity contribution in [2.45, 2.75) is 25.8 Å². The number of fused-ring (bicyclic) bond motifs is 1. The van der Waals surface area contributed by atoms with Gasteiger partial charge in [0, 0.05) is 44.3 Å². The summed E-state index contributed by atoms with van der Waals surface area (Å²) in [6.45, 7) is 3.79. The van der Waals surface area contributed by atoms with Crippen LogP contribution in [0.4, 0.5) is 4.39 Å². The summed E-state index contributed by atoms with van der Waals surface area (Å²) in [5.74, 6) is -0.00719. The Morgan fingerprint density at radius 1 is 1.35 bits per heavy atom. The van der Waals surface area contributed by atoms with Gasteiger partial charge in [-0.2, -0.15) is 0 Å². The molecule has 1 aromatic carbocycles. The number of halogens is 1. The van der Waals surface area contributed by atoms with Gasteiger partial charge in [-0.05, 0) is 56.1 Å². The highest BCUT2D eigenvalue weighted by molar-refractivity contribution is 5.82. The molecule has 0 atom stereocenters. The summed E-state index contributed by atoms with van der Waals surface area (Å²) in [6, 6.07) is 6.85. The molecule has 3 rings (SSSR count). The molecule has 1 aliphatic heterocycles. The van der Waals surface area contributed by atoms with Crippen LogP contribution in [0.3, 0.4) is 0 Å². The molecule has 1 aromatic heterocycles. The predicted octanol–water partition coefficient (Wildman–Crippen LogP) is 2.74. The number of hydrogen-bond donors (Lipinski definition) is 1. The van der Waals surface area contributed by atoms with Crippen LogP contribution in [-0.4, -0.2) is 49.1 Å². The highest BCUT2D eigenvalue weighted by atomic mass is 19.1. The third kappa shape index (κ3) is 4.56. The van der Waals surface area contributed by atoms with Gasteiger partial charge >= 0.3 is 0 Å². The SMILES string of the molecule is COCCCNC(=O)C1CCN(Cc2ccc(F)c3cccnc23)CC1. The average Bonchev–Trinajstić information content (AvgIpc) is 2.68. The molecule has 26 heavy (non-hydrogen) atoms. The first-order chi connectivity index (χ1) is 12.7. The Kier molecular flexibility index (Phi) is 6.52. The fourth-order valence-corrected chi connectivity index (χ4v) is 3.49. The number of rotatable bonds is 7. The molecular formula is C20H26FN3O2. The van der Waals surface area contributed by atoms with Crippen LogP contribution in [0.2, 0.25) is 0 Å². The van der Waals surface area contributed by atoms with E-state index in [1.807, 2.05) is 6.07 Å². The number of carbonyl (C=O) groups is 1. The van der Waals surface area contributed by atoms with E-state index in [0.29, 0.717) is 18.5 Å². The molecule has 1 fully saturated rings. The first-order valence-corrected chi connectivity index (χ1v) is 9.20. The van der Waals surface area contributed by atoms with Crippen molar-refractivity contribution in [1.29, 1.82) is 0 Å². The Balaban J connectivity index is 1.53. The molecular weight excluding hydrogens is 333 g/mol. The Hall–Kier alpha value is -2.05. The molecule has 140 valence electrons. The second-order valence-electron chi connectivity index (χ2n) is 6.79. The highest BCUT2D eigenvalue weighted by Crippen LogP contribution is 2.24. The van der Waals surface area contributed by atoms with Crippen LogP contribution in [0.5, 0.6) is 0 Å². The maximum atomic E-state index is 13.9. The van der Waals surface area contributed by atoms with Gasteiger partial charge in [-0.15, -0.1) is 0 Å². The van der Waals surface area contributed by atoms with Gasteiger partial charge < -0.3 is 10.1 Å². The monoisotopic (exact) mass is 359 g/mol. The van der Waals surface area contributed by atoms with Crippen molar-refractivity contribution >= 4 is 16.8 Å². The number of carbonyl (C=O) groups excluding carboxylic acids is 1. The topological polar surface area (TPSA) is 54.5 Å². The minimum absolute atomic E-state index is 0.0804. The number of likely N-dealkylation sites (tertiary alicyclic amines) is 1. The summed E-state index contributed by atoms with van der Waals surface area (Å²) in [5.41, 5.74) is 1.76. The molecule has 6 heteroatoms. The molecule has 1 aliphatic rings. The Morgan fingerprint density at radius 3 is 2.92 bits per heavy atom. The van der Waals surface area contributed by atoms with Crippen molar-refractivity contribution < 1.29 is 13.9 Å². The zero-order valence-corrected chi connectivity index (χ0v) is 15.2. The van der Waals surface area contributed by atoms with Crippen LogP contribution >= 0.6 is 0 Å². The first kappa shape index (κ1) is 18.7. The molecule has 1 saturated heterocycles. The maximum absolute atomic E-state index is 13.9. The van der Waals surface area contributed by atoms with Crippen molar-refractivity contribution in [1.82, 2.24) is 15.2 Å². The van der Waals surface area contributed by atoms with Gasteiger partial charge in [0.1, 0.15) is 5.82 Å².